The lowest BCUT2D eigenvalue weighted by molar-refractivity contribution is -0.116. The molecule has 124 valence electrons. The average molecular weight is 333 g/mol. The average Bonchev–Trinajstić information content (AvgIpc) is 2.83. The predicted molar refractivity (Wildman–Crippen MR) is 71.2 cm³/mol. The van der Waals surface area contributed by atoms with E-state index in [0.717, 1.165) is 11.4 Å². The van der Waals surface area contributed by atoms with E-state index in [4.69, 9.17) is 0 Å². The molecular weight excluding hydrogens is 321 g/mol. The van der Waals surface area contributed by atoms with Crippen LogP contribution in [-0.2, 0) is 11.3 Å². The number of nitrogens with zero attached hydrogens (tertiary/aromatic N) is 2. The van der Waals surface area contributed by atoms with Crippen LogP contribution >= 0.6 is 0 Å². The topological polar surface area (TPSA) is 46.9 Å². The van der Waals surface area contributed by atoms with E-state index in [1.54, 1.807) is 25.2 Å². The number of hydrogen-bond donors (Lipinski definition) is 1. The summed E-state index contributed by atoms with van der Waals surface area (Å²) in [5.74, 6) is -11.6. The van der Waals surface area contributed by atoms with Gasteiger partial charge in [-0.15, -0.1) is 0 Å². The molecule has 9 heteroatoms. The van der Waals surface area contributed by atoms with Crippen LogP contribution in [0.2, 0.25) is 0 Å². The number of nitrogens with one attached hydrogen (secondary N) is 1. The van der Waals surface area contributed by atoms with Gasteiger partial charge in [0.1, 0.15) is 5.69 Å². The number of benzene rings is 1. The van der Waals surface area contributed by atoms with E-state index in [1.165, 1.54) is 4.68 Å². The number of anilines is 1. The van der Waals surface area contributed by atoms with Gasteiger partial charge in [-0.25, -0.2) is 22.0 Å². The second kappa shape index (κ2) is 6.35. The highest BCUT2D eigenvalue weighted by molar-refractivity contribution is 5.90. The van der Waals surface area contributed by atoms with Crippen molar-refractivity contribution in [1.29, 1.82) is 0 Å². The zero-order valence-electron chi connectivity index (χ0n) is 12.2. The maximum Gasteiger partial charge on any atom is 0.226 e. The number of aryl methyl sites for hydroxylation is 3. The summed E-state index contributed by atoms with van der Waals surface area (Å²) in [6, 6.07) is 1.77. The van der Waals surface area contributed by atoms with Crippen molar-refractivity contribution in [2.45, 2.75) is 26.8 Å². The summed E-state index contributed by atoms with van der Waals surface area (Å²) in [6.07, 6.45) is -0.249. The summed E-state index contributed by atoms with van der Waals surface area (Å²) < 4.78 is 67.3. The van der Waals surface area contributed by atoms with Crippen LogP contribution < -0.4 is 5.32 Å². The van der Waals surface area contributed by atoms with Crippen molar-refractivity contribution in [3.63, 3.8) is 0 Å². The normalized spacial score (nSPS) is 10.9. The van der Waals surface area contributed by atoms with Gasteiger partial charge >= 0.3 is 0 Å². The molecule has 0 aliphatic rings. The standard InChI is InChI=1S/C14H12F5N3O/c1-6-5-7(2)22(21-6)4-3-8(23)20-14-12(18)10(16)9(15)11(17)13(14)19/h5H,3-4H2,1-2H3,(H,20,23). The zero-order valence-corrected chi connectivity index (χ0v) is 12.2. The molecule has 0 aliphatic carbocycles. The lowest BCUT2D eigenvalue weighted by Crippen LogP contribution is -2.19. The number of carbonyl (C=O) groups excluding carboxylic acids is 1. The first-order chi connectivity index (χ1) is 10.7. The molecule has 0 bridgehead atoms. The smallest absolute Gasteiger partial charge is 0.226 e. The molecule has 1 amide bonds. The van der Waals surface area contributed by atoms with Crippen LogP contribution in [0.3, 0.4) is 0 Å². The molecule has 0 aliphatic heterocycles. The van der Waals surface area contributed by atoms with Crippen LogP contribution in [0.15, 0.2) is 6.07 Å². The van der Waals surface area contributed by atoms with Gasteiger partial charge in [0, 0.05) is 18.7 Å². The monoisotopic (exact) mass is 333 g/mol. The fraction of sp³-hybridized carbons (Fsp3) is 0.286. The first kappa shape index (κ1) is 16.9. The molecule has 1 heterocycles. The second-order valence-corrected chi connectivity index (χ2v) is 4.89. The van der Waals surface area contributed by atoms with Gasteiger partial charge in [-0.3, -0.25) is 9.48 Å². The molecule has 1 aromatic heterocycles. The van der Waals surface area contributed by atoms with Gasteiger partial charge in [0.05, 0.1) is 5.69 Å². The van der Waals surface area contributed by atoms with Gasteiger partial charge in [-0.05, 0) is 19.9 Å². The Bertz CT molecular complexity index is 743. The zero-order chi connectivity index (χ0) is 17.3. The van der Waals surface area contributed by atoms with Crippen molar-refractivity contribution in [2.75, 3.05) is 5.32 Å². The number of rotatable bonds is 4. The Balaban J connectivity index is 2.13. The first-order valence-corrected chi connectivity index (χ1v) is 6.54. The van der Waals surface area contributed by atoms with Crippen LogP contribution in [0.4, 0.5) is 27.6 Å². The highest BCUT2D eigenvalue weighted by Gasteiger charge is 2.26. The number of halogens is 5. The van der Waals surface area contributed by atoms with Crippen molar-refractivity contribution in [2.24, 2.45) is 0 Å². The van der Waals surface area contributed by atoms with Gasteiger partial charge in [0.2, 0.25) is 11.7 Å². The number of hydrogen-bond acceptors (Lipinski definition) is 2. The molecule has 0 spiro atoms. The van der Waals surface area contributed by atoms with Crippen molar-refractivity contribution in [3.05, 3.63) is 46.5 Å². The molecule has 0 unspecified atom stereocenters. The summed E-state index contributed by atoms with van der Waals surface area (Å²) >= 11 is 0. The minimum Gasteiger partial charge on any atom is -0.321 e. The van der Waals surface area contributed by atoms with E-state index < -0.39 is 40.7 Å². The van der Waals surface area contributed by atoms with Crippen LogP contribution in [0, 0.1) is 42.9 Å². The molecule has 0 saturated heterocycles. The van der Waals surface area contributed by atoms with E-state index in [1.807, 2.05) is 0 Å². The molecule has 0 saturated carbocycles. The molecule has 0 radical (unpaired) electrons. The van der Waals surface area contributed by atoms with Gasteiger partial charge in [-0.2, -0.15) is 5.10 Å². The minimum absolute atomic E-state index is 0.0981. The first-order valence-electron chi connectivity index (χ1n) is 6.54. The van der Waals surface area contributed by atoms with Crippen LogP contribution in [0.25, 0.3) is 0 Å². The Morgan fingerprint density at radius 1 is 1.04 bits per heavy atom. The van der Waals surface area contributed by atoms with E-state index >= 15 is 0 Å². The molecular formula is C14H12F5N3O. The van der Waals surface area contributed by atoms with Crippen molar-refractivity contribution < 1.29 is 26.7 Å². The molecule has 1 N–H and O–H groups in total. The van der Waals surface area contributed by atoms with Crippen LogP contribution in [0.1, 0.15) is 17.8 Å². The number of amides is 1. The molecule has 0 fully saturated rings. The van der Waals surface area contributed by atoms with Gasteiger partial charge in [0.25, 0.3) is 0 Å². The van der Waals surface area contributed by atoms with E-state index in [9.17, 15) is 26.7 Å². The van der Waals surface area contributed by atoms with Crippen LogP contribution in [0.5, 0.6) is 0 Å². The Hall–Kier alpha value is -2.45. The third-order valence-corrected chi connectivity index (χ3v) is 3.13. The van der Waals surface area contributed by atoms with Crippen molar-refractivity contribution in [3.8, 4) is 0 Å². The Morgan fingerprint density at radius 3 is 2.04 bits per heavy atom. The summed E-state index contributed by atoms with van der Waals surface area (Å²) in [5.41, 5.74) is 0.133. The maximum absolute atomic E-state index is 13.4. The molecule has 2 aromatic rings. The predicted octanol–water partition coefficient (Wildman–Crippen LogP) is 3.22. The van der Waals surface area contributed by atoms with Gasteiger partial charge < -0.3 is 5.32 Å². The summed E-state index contributed by atoms with van der Waals surface area (Å²) in [4.78, 5) is 11.7. The van der Waals surface area contributed by atoms with Gasteiger partial charge in [-0.1, -0.05) is 0 Å². The van der Waals surface area contributed by atoms with Crippen molar-refractivity contribution in [1.82, 2.24) is 9.78 Å². The molecule has 4 nitrogen and oxygen atoms in total. The Morgan fingerprint density at radius 2 is 1.57 bits per heavy atom. The molecule has 1 aromatic carbocycles. The molecule has 2 rings (SSSR count). The minimum atomic E-state index is -2.28. The summed E-state index contributed by atoms with van der Waals surface area (Å²) in [6.45, 7) is 3.60. The van der Waals surface area contributed by atoms with Gasteiger partial charge in [0.15, 0.2) is 23.3 Å². The Kier molecular flexibility index (Phi) is 4.67. The maximum atomic E-state index is 13.4. The molecule has 23 heavy (non-hydrogen) atoms. The highest BCUT2D eigenvalue weighted by Crippen LogP contribution is 2.27. The molecule has 0 atom stereocenters. The highest BCUT2D eigenvalue weighted by atomic mass is 19.2. The SMILES string of the molecule is Cc1cc(C)n(CCC(=O)Nc2c(F)c(F)c(F)c(F)c2F)n1. The number of aromatic nitrogens is 2. The summed E-state index contributed by atoms with van der Waals surface area (Å²) in [7, 11) is 0. The third kappa shape index (κ3) is 3.33. The third-order valence-electron chi connectivity index (χ3n) is 3.13. The lowest BCUT2D eigenvalue weighted by atomic mass is 10.2. The van der Waals surface area contributed by atoms with Crippen LogP contribution in [-0.4, -0.2) is 15.7 Å². The van der Waals surface area contributed by atoms with E-state index in [2.05, 4.69) is 5.10 Å². The lowest BCUT2D eigenvalue weighted by Gasteiger charge is -2.10. The fourth-order valence-electron chi connectivity index (χ4n) is 2.03. The van der Waals surface area contributed by atoms with Crippen molar-refractivity contribution >= 4 is 11.6 Å². The van der Waals surface area contributed by atoms with E-state index in [-0.39, 0.29) is 13.0 Å². The largest absolute Gasteiger partial charge is 0.321 e. The summed E-state index contributed by atoms with van der Waals surface area (Å²) in [5, 5.41) is 5.79. The van der Waals surface area contributed by atoms with E-state index in [0.29, 0.717) is 0 Å². The number of carbonyl (C=O) groups is 1. The quantitative estimate of drug-likeness (QED) is 0.530. The Labute approximate surface area is 127 Å². The second-order valence-electron chi connectivity index (χ2n) is 4.89. The fourth-order valence-corrected chi connectivity index (χ4v) is 2.03.